The molecule has 0 bridgehead atoms. The van der Waals surface area contributed by atoms with E-state index in [1.807, 2.05) is 0 Å². The molecule has 0 radical (unpaired) electrons. The molecule has 0 aliphatic carbocycles. The zero-order valence-corrected chi connectivity index (χ0v) is 35.5. The van der Waals surface area contributed by atoms with E-state index >= 15 is 0 Å². The fraction of sp³-hybridized carbons (Fsp3) is 0.979. The van der Waals surface area contributed by atoms with E-state index in [-0.39, 0.29) is 18.9 Å². The Morgan fingerprint density at radius 3 is 0.923 bits per heavy atom. The highest BCUT2D eigenvalue weighted by atomic mass is 16.3. The highest BCUT2D eigenvalue weighted by Crippen LogP contribution is 2.17. The lowest BCUT2D eigenvalue weighted by atomic mass is 10.0. The van der Waals surface area contributed by atoms with Crippen molar-refractivity contribution in [1.29, 1.82) is 0 Å². The smallest absolute Gasteiger partial charge is 0.222 e. The van der Waals surface area contributed by atoms with Gasteiger partial charge in [0.1, 0.15) is 0 Å². The molecule has 0 saturated heterocycles. The van der Waals surface area contributed by atoms with E-state index in [9.17, 15) is 20.1 Å². The van der Waals surface area contributed by atoms with Crippen LogP contribution in [0.1, 0.15) is 271 Å². The molecule has 0 aromatic rings. The van der Waals surface area contributed by atoms with Gasteiger partial charge in [0.05, 0.1) is 31.3 Å². The van der Waals surface area contributed by atoms with Crippen LogP contribution in [0.25, 0.3) is 0 Å². The SMILES string of the molecule is CCCCCCCCCCCCCCCCCCCCCCCCCCCCCC(O)CC(=O)NC(CO)C(O)CCCCCCCCCCCC. The molecule has 0 fully saturated rings. The monoisotopic (exact) mass is 738 g/mol. The third kappa shape index (κ3) is 39.1. The number of rotatable bonds is 44. The molecule has 0 aromatic carbocycles. The number of aliphatic hydroxyl groups is 3. The summed E-state index contributed by atoms with van der Waals surface area (Å²) >= 11 is 0. The first kappa shape index (κ1) is 51.4. The summed E-state index contributed by atoms with van der Waals surface area (Å²) in [5.74, 6) is -0.279. The zero-order valence-electron chi connectivity index (χ0n) is 35.5. The Bertz CT molecular complexity index is 688. The van der Waals surface area contributed by atoms with Crippen molar-refractivity contribution in [1.82, 2.24) is 5.32 Å². The first-order chi connectivity index (χ1) is 25.5. The highest BCUT2D eigenvalue weighted by Gasteiger charge is 2.21. The van der Waals surface area contributed by atoms with Crippen LogP contribution < -0.4 is 5.32 Å². The van der Waals surface area contributed by atoms with Gasteiger partial charge in [-0.1, -0.05) is 251 Å². The second-order valence-corrected chi connectivity index (χ2v) is 16.7. The predicted octanol–water partition coefficient (Wildman–Crippen LogP) is 13.8. The molecular formula is C47H95NO4. The summed E-state index contributed by atoms with van der Waals surface area (Å²) in [4.78, 5) is 12.4. The number of unbranched alkanes of at least 4 members (excludes halogenated alkanes) is 35. The standard InChI is InChI=1S/C47H95NO4/c1-3-5-7-9-11-13-15-16-17-18-19-20-21-22-23-24-25-26-27-28-29-30-31-32-34-36-38-40-44(50)42-47(52)48-45(43-49)46(51)41-39-37-35-33-14-12-10-8-6-4-2/h44-46,49-51H,3-43H2,1-2H3,(H,48,52). The van der Waals surface area contributed by atoms with E-state index in [2.05, 4.69) is 19.2 Å². The molecule has 312 valence electrons. The Balaban J connectivity index is 3.45. The van der Waals surface area contributed by atoms with Crippen LogP contribution in [0.2, 0.25) is 0 Å². The summed E-state index contributed by atoms with van der Waals surface area (Å²) in [5.41, 5.74) is 0. The first-order valence-electron chi connectivity index (χ1n) is 23.8. The average Bonchev–Trinajstić information content (AvgIpc) is 3.14. The summed E-state index contributed by atoms with van der Waals surface area (Å²) in [5, 5.41) is 33.3. The molecule has 1 amide bonds. The molecule has 3 atom stereocenters. The number of aliphatic hydroxyl groups excluding tert-OH is 3. The lowest BCUT2D eigenvalue weighted by Gasteiger charge is -2.23. The fourth-order valence-corrected chi connectivity index (χ4v) is 7.76. The van der Waals surface area contributed by atoms with Crippen molar-refractivity contribution in [3.8, 4) is 0 Å². The van der Waals surface area contributed by atoms with Crippen LogP contribution in [0.4, 0.5) is 0 Å². The maximum absolute atomic E-state index is 12.4. The van der Waals surface area contributed by atoms with Gasteiger partial charge in [0, 0.05) is 0 Å². The van der Waals surface area contributed by atoms with Gasteiger partial charge < -0.3 is 20.6 Å². The maximum atomic E-state index is 12.4. The summed E-state index contributed by atoms with van der Waals surface area (Å²) in [6, 6.07) is -0.651. The van der Waals surface area contributed by atoms with Crippen molar-refractivity contribution >= 4 is 5.91 Å². The van der Waals surface area contributed by atoms with Gasteiger partial charge in [0.25, 0.3) is 0 Å². The third-order valence-corrected chi connectivity index (χ3v) is 11.4. The van der Waals surface area contributed by atoms with Gasteiger partial charge in [-0.15, -0.1) is 0 Å². The molecule has 0 heterocycles. The normalized spacial score (nSPS) is 13.4. The zero-order chi connectivity index (χ0) is 38.0. The quantitative estimate of drug-likeness (QED) is 0.0469. The molecule has 0 aliphatic heterocycles. The van der Waals surface area contributed by atoms with E-state index in [0.29, 0.717) is 12.8 Å². The largest absolute Gasteiger partial charge is 0.394 e. The number of carbonyl (C=O) groups is 1. The van der Waals surface area contributed by atoms with Crippen molar-refractivity contribution in [3.05, 3.63) is 0 Å². The Hall–Kier alpha value is -0.650. The van der Waals surface area contributed by atoms with Crippen LogP contribution in [0.5, 0.6) is 0 Å². The van der Waals surface area contributed by atoms with Crippen molar-refractivity contribution in [2.45, 2.75) is 289 Å². The van der Waals surface area contributed by atoms with Crippen LogP contribution in [0, 0.1) is 0 Å². The van der Waals surface area contributed by atoms with Gasteiger partial charge >= 0.3 is 0 Å². The minimum atomic E-state index is -0.742. The molecule has 3 unspecified atom stereocenters. The van der Waals surface area contributed by atoms with E-state index in [0.717, 1.165) is 25.7 Å². The molecule has 52 heavy (non-hydrogen) atoms. The number of carbonyl (C=O) groups excluding carboxylic acids is 1. The van der Waals surface area contributed by atoms with E-state index < -0.39 is 18.2 Å². The lowest BCUT2D eigenvalue weighted by molar-refractivity contribution is -0.125. The molecule has 5 heteroatoms. The summed E-state index contributed by atoms with van der Waals surface area (Å²) in [6.45, 7) is 4.27. The fourth-order valence-electron chi connectivity index (χ4n) is 7.76. The number of hydrogen-bond acceptors (Lipinski definition) is 4. The van der Waals surface area contributed by atoms with E-state index in [1.54, 1.807) is 0 Å². The van der Waals surface area contributed by atoms with Crippen LogP contribution in [0.15, 0.2) is 0 Å². The Kier molecular flexibility index (Phi) is 42.5. The number of nitrogens with one attached hydrogen (secondary N) is 1. The van der Waals surface area contributed by atoms with Gasteiger partial charge in [0.2, 0.25) is 5.91 Å². The third-order valence-electron chi connectivity index (χ3n) is 11.4. The van der Waals surface area contributed by atoms with Crippen LogP contribution in [-0.4, -0.2) is 46.1 Å². The van der Waals surface area contributed by atoms with Gasteiger partial charge in [-0.3, -0.25) is 4.79 Å². The minimum Gasteiger partial charge on any atom is -0.394 e. The van der Waals surface area contributed by atoms with E-state index in [1.165, 1.54) is 212 Å². The van der Waals surface area contributed by atoms with Crippen LogP contribution >= 0.6 is 0 Å². The molecule has 0 spiro atoms. The predicted molar refractivity (Wildman–Crippen MR) is 227 cm³/mol. The number of amides is 1. The van der Waals surface area contributed by atoms with Gasteiger partial charge in [-0.05, 0) is 12.8 Å². The Morgan fingerprint density at radius 1 is 0.404 bits per heavy atom. The maximum Gasteiger partial charge on any atom is 0.222 e. The molecule has 0 saturated carbocycles. The van der Waals surface area contributed by atoms with Crippen molar-refractivity contribution in [3.63, 3.8) is 0 Å². The van der Waals surface area contributed by atoms with Gasteiger partial charge in [-0.25, -0.2) is 0 Å². The second kappa shape index (κ2) is 43.1. The summed E-state index contributed by atoms with van der Waals surface area (Å²) < 4.78 is 0. The average molecular weight is 738 g/mol. The van der Waals surface area contributed by atoms with Crippen molar-refractivity contribution in [2.75, 3.05) is 6.61 Å². The Morgan fingerprint density at radius 2 is 0.654 bits per heavy atom. The highest BCUT2D eigenvalue weighted by molar-refractivity contribution is 5.76. The molecule has 0 rings (SSSR count). The Labute approximate surface area is 326 Å². The molecule has 4 N–H and O–H groups in total. The number of hydrogen-bond donors (Lipinski definition) is 4. The van der Waals surface area contributed by atoms with Crippen molar-refractivity contribution < 1.29 is 20.1 Å². The minimum absolute atomic E-state index is 0.0426. The second-order valence-electron chi connectivity index (χ2n) is 16.7. The van der Waals surface area contributed by atoms with Crippen LogP contribution in [0.3, 0.4) is 0 Å². The molecular weight excluding hydrogens is 643 g/mol. The van der Waals surface area contributed by atoms with Gasteiger partial charge in [0.15, 0.2) is 0 Å². The first-order valence-corrected chi connectivity index (χ1v) is 23.8. The summed E-state index contributed by atoms with van der Waals surface area (Å²) in [7, 11) is 0. The lowest BCUT2D eigenvalue weighted by Crippen LogP contribution is -2.46. The summed E-state index contributed by atoms with van der Waals surface area (Å²) in [6.07, 6.45) is 49.6. The molecule has 5 nitrogen and oxygen atoms in total. The van der Waals surface area contributed by atoms with E-state index in [4.69, 9.17) is 0 Å². The topological polar surface area (TPSA) is 89.8 Å². The van der Waals surface area contributed by atoms with Gasteiger partial charge in [-0.2, -0.15) is 0 Å². The molecule has 0 aromatic heterocycles. The molecule has 0 aliphatic rings. The van der Waals surface area contributed by atoms with Crippen molar-refractivity contribution in [2.24, 2.45) is 0 Å². The van der Waals surface area contributed by atoms with Crippen LogP contribution in [-0.2, 0) is 4.79 Å².